The van der Waals surface area contributed by atoms with Gasteiger partial charge in [-0.2, -0.15) is 11.8 Å². The molecule has 0 amide bonds. The summed E-state index contributed by atoms with van der Waals surface area (Å²) in [4.78, 5) is 8.62. The lowest BCUT2D eigenvalue weighted by Gasteiger charge is -2.21. The third-order valence-corrected chi connectivity index (χ3v) is 4.38. The quantitative estimate of drug-likeness (QED) is 0.540. The first-order valence-corrected chi connectivity index (χ1v) is 7.55. The van der Waals surface area contributed by atoms with Gasteiger partial charge >= 0.3 is 0 Å². The highest BCUT2D eigenvalue weighted by atomic mass is 32.2. The van der Waals surface area contributed by atoms with Crippen LogP contribution in [0.5, 0.6) is 0 Å². The Morgan fingerprint density at radius 2 is 2.26 bits per heavy atom. The molecule has 0 saturated carbocycles. The number of aromatic nitrogens is 2. The van der Waals surface area contributed by atoms with Crippen molar-refractivity contribution in [2.75, 3.05) is 30.1 Å². The van der Waals surface area contributed by atoms with Crippen LogP contribution in [0.25, 0.3) is 0 Å². The van der Waals surface area contributed by atoms with Crippen LogP contribution in [0.3, 0.4) is 0 Å². The van der Waals surface area contributed by atoms with Crippen molar-refractivity contribution in [1.82, 2.24) is 9.97 Å². The summed E-state index contributed by atoms with van der Waals surface area (Å²) in [5.41, 5.74) is 2.55. The van der Waals surface area contributed by atoms with Crippen molar-refractivity contribution in [3.8, 4) is 0 Å². The van der Waals surface area contributed by atoms with Crippen LogP contribution in [0.4, 0.5) is 11.6 Å². The molecule has 1 aliphatic heterocycles. The SMILES string of the molecule is COCc1nc(NN)cc(NCC2CCCCS2)n1. The molecule has 19 heavy (non-hydrogen) atoms. The number of hydrogen-bond acceptors (Lipinski definition) is 7. The number of rotatable bonds is 6. The zero-order valence-electron chi connectivity index (χ0n) is 11.2. The minimum Gasteiger partial charge on any atom is -0.377 e. The number of nitrogens with two attached hydrogens (primary N) is 1. The van der Waals surface area contributed by atoms with Gasteiger partial charge < -0.3 is 15.5 Å². The van der Waals surface area contributed by atoms with E-state index >= 15 is 0 Å². The van der Waals surface area contributed by atoms with Gasteiger partial charge in [0.15, 0.2) is 5.82 Å². The van der Waals surface area contributed by atoms with Crippen LogP contribution in [0.15, 0.2) is 6.07 Å². The lowest BCUT2D eigenvalue weighted by molar-refractivity contribution is 0.178. The highest BCUT2D eigenvalue weighted by Crippen LogP contribution is 2.25. The van der Waals surface area contributed by atoms with Crippen molar-refractivity contribution < 1.29 is 4.74 Å². The van der Waals surface area contributed by atoms with Crippen LogP contribution in [0, 0.1) is 0 Å². The second-order valence-electron chi connectivity index (χ2n) is 4.50. The maximum Gasteiger partial charge on any atom is 0.158 e. The van der Waals surface area contributed by atoms with E-state index in [0.29, 0.717) is 23.5 Å². The minimum absolute atomic E-state index is 0.377. The predicted molar refractivity (Wildman–Crippen MR) is 79.1 cm³/mol. The van der Waals surface area contributed by atoms with Crippen molar-refractivity contribution in [3.63, 3.8) is 0 Å². The summed E-state index contributed by atoms with van der Waals surface area (Å²) in [6, 6.07) is 1.81. The highest BCUT2D eigenvalue weighted by molar-refractivity contribution is 7.99. The Kier molecular flexibility index (Phi) is 5.68. The molecule has 1 aliphatic rings. The van der Waals surface area contributed by atoms with Gasteiger partial charge in [-0.25, -0.2) is 15.8 Å². The first-order valence-electron chi connectivity index (χ1n) is 6.51. The maximum atomic E-state index is 5.41. The van der Waals surface area contributed by atoms with Gasteiger partial charge in [-0.1, -0.05) is 6.42 Å². The third-order valence-electron chi connectivity index (χ3n) is 2.98. The van der Waals surface area contributed by atoms with Gasteiger partial charge in [-0.3, -0.25) is 0 Å². The van der Waals surface area contributed by atoms with Gasteiger partial charge in [0, 0.05) is 25.0 Å². The van der Waals surface area contributed by atoms with E-state index in [1.807, 2.05) is 17.8 Å². The van der Waals surface area contributed by atoms with Gasteiger partial charge in [0.25, 0.3) is 0 Å². The topological polar surface area (TPSA) is 85.1 Å². The number of nitrogens with zero attached hydrogens (tertiary/aromatic N) is 2. The average molecular weight is 283 g/mol. The number of thioether (sulfide) groups is 1. The maximum absolute atomic E-state index is 5.41. The average Bonchev–Trinajstić information content (AvgIpc) is 2.46. The number of nitrogen functional groups attached to an aromatic ring is 1. The molecule has 1 saturated heterocycles. The molecule has 4 N–H and O–H groups in total. The molecule has 6 nitrogen and oxygen atoms in total. The first-order chi connectivity index (χ1) is 9.31. The molecule has 0 aromatic carbocycles. The van der Waals surface area contributed by atoms with Crippen LogP contribution in [0.2, 0.25) is 0 Å². The van der Waals surface area contributed by atoms with Crippen molar-refractivity contribution in [1.29, 1.82) is 0 Å². The normalized spacial score (nSPS) is 19.2. The number of hydrazine groups is 1. The Morgan fingerprint density at radius 3 is 2.95 bits per heavy atom. The molecular weight excluding hydrogens is 262 g/mol. The Balaban J connectivity index is 1.95. The molecule has 1 atom stereocenters. The van der Waals surface area contributed by atoms with Crippen LogP contribution in [-0.2, 0) is 11.3 Å². The Labute approximate surface area is 117 Å². The summed E-state index contributed by atoms with van der Waals surface area (Å²) in [6.07, 6.45) is 3.94. The van der Waals surface area contributed by atoms with Crippen LogP contribution in [0.1, 0.15) is 25.1 Å². The van der Waals surface area contributed by atoms with Gasteiger partial charge in [0.2, 0.25) is 0 Å². The molecule has 0 aliphatic carbocycles. The fourth-order valence-corrected chi connectivity index (χ4v) is 3.28. The standard InChI is InChI=1S/C12H21N5OS/c1-18-8-12-15-10(6-11(16-12)17-13)14-7-9-4-2-3-5-19-9/h6,9H,2-5,7-8,13H2,1H3,(H2,14,15,16,17). The Hall–Kier alpha value is -1.05. The Morgan fingerprint density at radius 1 is 1.42 bits per heavy atom. The summed E-state index contributed by atoms with van der Waals surface area (Å²) in [6.45, 7) is 1.31. The molecule has 0 spiro atoms. The summed E-state index contributed by atoms with van der Waals surface area (Å²) in [5.74, 6) is 8.69. The van der Waals surface area contributed by atoms with E-state index in [4.69, 9.17) is 10.6 Å². The first kappa shape index (κ1) is 14.4. The summed E-state index contributed by atoms with van der Waals surface area (Å²) in [7, 11) is 1.62. The number of hydrogen-bond donors (Lipinski definition) is 3. The smallest absolute Gasteiger partial charge is 0.158 e. The molecular formula is C12H21N5OS. The molecule has 1 unspecified atom stereocenters. The molecule has 1 fully saturated rings. The molecule has 1 aromatic heterocycles. The zero-order chi connectivity index (χ0) is 13.5. The fourth-order valence-electron chi connectivity index (χ4n) is 2.04. The van der Waals surface area contributed by atoms with E-state index < -0.39 is 0 Å². The summed E-state index contributed by atoms with van der Waals surface area (Å²) in [5, 5.41) is 4.04. The van der Waals surface area contributed by atoms with E-state index in [2.05, 4.69) is 20.7 Å². The van der Waals surface area contributed by atoms with Crippen molar-refractivity contribution >= 4 is 23.4 Å². The molecule has 0 radical (unpaired) electrons. The molecule has 2 rings (SSSR count). The van der Waals surface area contributed by atoms with E-state index in [1.165, 1.54) is 25.0 Å². The van der Waals surface area contributed by atoms with Crippen LogP contribution in [-0.4, -0.2) is 34.6 Å². The summed E-state index contributed by atoms with van der Waals surface area (Å²) < 4.78 is 5.05. The number of ether oxygens (including phenoxy) is 1. The molecule has 0 bridgehead atoms. The lowest BCUT2D eigenvalue weighted by Crippen LogP contribution is -2.21. The van der Waals surface area contributed by atoms with Crippen LogP contribution < -0.4 is 16.6 Å². The molecule has 1 aromatic rings. The second kappa shape index (κ2) is 7.52. The van der Waals surface area contributed by atoms with Gasteiger partial charge in [-0.05, 0) is 18.6 Å². The lowest BCUT2D eigenvalue weighted by atomic mass is 10.2. The monoisotopic (exact) mass is 283 g/mol. The number of anilines is 2. The predicted octanol–water partition coefficient (Wildman–Crippen LogP) is 1.61. The Bertz CT molecular complexity index is 398. The van der Waals surface area contributed by atoms with E-state index in [9.17, 15) is 0 Å². The van der Waals surface area contributed by atoms with Gasteiger partial charge in [0.1, 0.15) is 18.2 Å². The van der Waals surface area contributed by atoms with Crippen molar-refractivity contribution in [2.45, 2.75) is 31.1 Å². The van der Waals surface area contributed by atoms with Crippen molar-refractivity contribution in [2.24, 2.45) is 5.84 Å². The van der Waals surface area contributed by atoms with E-state index in [0.717, 1.165) is 12.4 Å². The summed E-state index contributed by atoms with van der Waals surface area (Å²) >= 11 is 2.04. The van der Waals surface area contributed by atoms with Crippen molar-refractivity contribution in [3.05, 3.63) is 11.9 Å². The minimum atomic E-state index is 0.377. The van der Waals surface area contributed by atoms with Gasteiger partial charge in [0.05, 0.1) is 0 Å². The third kappa shape index (κ3) is 4.52. The number of nitrogens with one attached hydrogen (secondary N) is 2. The fraction of sp³-hybridized carbons (Fsp3) is 0.667. The van der Waals surface area contributed by atoms with Crippen LogP contribution >= 0.6 is 11.8 Å². The molecule has 106 valence electrons. The zero-order valence-corrected chi connectivity index (χ0v) is 12.0. The van der Waals surface area contributed by atoms with E-state index in [1.54, 1.807) is 7.11 Å². The largest absolute Gasteiger partial charge is 0.377 e. The second-order valence-corrected chi connectivity index (χ2v) is 5.91. The number of methoxy groups -OCH3 is 1. The highest BCUT2D eigenvalue weighted by Gasteiger charge is 2.14. The molecule has 7 heteroatoms. The van der Waals surface area contributed by atoms with E-state index in [-0.39, 0.29) is 0 Å². The molecule has 2 heterocycles. The van der Waals surface area contributed by atoms with Gasteiger partial charge in [-0.15, -0.1) is 0 Å².